The van der Waals surface area contributed by atoms with Crippen LogP contribution < -0.4 is 16.0 Å². The lowest BCUT2D eigenvalue weighted by Crippen LogP contribution is -2.49. The highest BCUT2D eigenvalue weighted by molar-refractivity contribution is 6.00. The summed E-state index contributed by atoms with van der Waals surface area (Å²) in [7, 11) is 0. The number of hydrogen-bond acceptors (Lipinski definition) is 5. The van der Waals surface area contributed by atoms with E-state index in [0.717, 1.165) is 18.4 Å². The van der Waals surface area contributed by atoms with E-state index in [-0.39, 0.29) is 28.9 Å². The molecule has 2 atom stereocenters. The molecule has 1 fully saturated rings. The van der Waals surface area contributed by atoms with Crippen molar-refractivity contribution in [3.8, 4) is 0 Å². The predicted molar refractivity (Wildman–Crippen MR) is 125 cm³/mol. The van der Waals surface area contributed by atoms with Crippen LogP contribution >= 0.6 is 0 Å². The van der Waals surface area contributed by atoms with Crippen molar-refractivity contribution in [1.82, 2.24) is 20.9 Å². The SMILES string of the molecule is CC(C)C.O=C(CNC(=O)c1cc2cc(F)cc(F)c2[nH]1)N[C@@H](C[C@@H]1CCCNC1=O)C(=O)CO. The highest BCUT2D eigenvalue weighted by atomic mass is 19.1. The number of piperidine rings is 1. The molecule has 35 heavy (non-hydrogen) atoms. The van der Waals surface area contributed by atoms with Gasteiger partial charge in [0.15, 0.2) is 5.78 Å². The molecule has 5 N–H and O–H groups in total. The molecular formula is C24H32F2N4O5. The number of benzene rings is 1. The number of aliphatic hydroxyl groups excluding tert-OH is 1. The Morgan fingerprint density at radius 3 is 2.49 bits per heavy atom. The fourth-order valence-electron chi connectivity index (χ4n) is 3.51. The van der Waals surface area contributed by atoms with Crippen LogP contribution in [0.2, 0.25) is 0 Å². The van der Waals surface area contributed by atoms with Gasteiger partial charge in [0.2, 0.25) is 11.8 Å². The first-order valence-electron chi connectivity index (χ1n) is 11.5. The minimum absolute atomic E-state index is 0.0395. The summed E-state index contributed by atoms with van der Waals surface area (Å²) >= 11 is 0. The Kier molecular flexibility index (Phi) is 10.3. The van der Waals surface area contributed by atoms with Gasteiger partial charge in [-0.3, -0.25) is 19.2 Å². The third kappa shape index (κ3) is 8.43. The standard InChI is InChI=1S/C20H22F2N4O5.C4H10/c21-12-4-11-6-15(26-18(11)13(22)7-12)20(31)24-8-17(29)25-14(16(28)9-27)5-10-2-1-3-23-19(10)30;1-4(2)3/h4,6-7,10,14,26-27H,1-3,5,8-9H2,(H,23,30)(H,24,31)(H,25,29);4H,1-3H3/t10-,14-;/m0./s1. The van der Waals surface area contributed by atoms with E-state index in [1.807, 2.05) is 0 Å². The minimum atomic E-state index is -1.08. The summed E-state index contributed by atoms with van der Waals surface area (Å²) in [6.07, 6.45) is 1.35. The number of carbonyl (C=O) groups excluding carboxylic acids is 4. The second-order valence-corrected chi connectivity index (χ2v) is 9.06. The number of fused-ring (bicyclic) bond motifs is 1. The van der Waals surface area contributed by atoms with Gasteiger partial charge in [-0.1, -0.05) is 20.8 Å². The summed E-state index contributed by atoms with van der Waals surface area (Å²) in [5, 5.41) is 16.7. The number of hydrogen-bond donors (Lipinski definition) is 5. The average Bonchev–Trinajstić information content (AvgIpc) is 3.22. The van der Waals surface area contributed by atoms with Gasteiger partial charge >= 0.3 is 0 Å². The Morgan fingerprint density at radius 2 is 1.86 bits per heavy atom. The van der Waals surface area contributed by atoms with Crippen LogP contribution in [0.5, 0.6) is 0 Å². The molecule has 192 valence electrons. The molecule has 9 nitrogen and oxygen atoms in total. The molecule has 0 bridgehead atoms. The second-order valence-electron chi connectivity index (χ2n) is 9.06. The van der Waals surface area contributed by atoms with Crippen LogP contribution in [0.4, 0.5) is 8.78 Å². The van der Waals surface area contributed by atoms with Crippen molar-refractivity contribution in [3.05, 3.63) is 35.5 Å². The molecule has 0 aliphatic carbocycles. The number of rotatable bonds is 8. The van der Waals surface area contributed by atoms with Gasteiger partial charge in [-0.2, -0.15) is 0 Å². The number of aromatic amines is 1. The van der Waals surface area contributed by atoms with Crippen molar-refractivity contribution in [2.75, 3.05) is 19.7 Å². The molecule has 0 unspecified atom stereocenters. The zero-order valence-corrected chi connectivity index (χ0v) is 20.0. The molecule has 2 aromatic rings. The zero-order chi connectivity index (χ0) is 26.1. The minimum Gasteiger partial charge on any atom is -0.389 e. The van der Waals surface area contributed by atoms with E-state index >= 15 is 0 Å². The average molecular weight is 495 g/mol. The van der Waals surface area contributed by atoms with E-state index in [0.29, 0.717) is 19.0 Å². The van der Waals surface area contributed by atoms with Gasteiger partial charge in [0, 0.05) is 23.9 Å². The Bertz CT molecular complexity index is 1070. The normalized spacial score (nSPS) is 16.2. The Labute approximate surface area is 202 Å². The molecule has 1 aromatic heterocycles. The molecule has 1 aliphatic heterocycles. The third-order valence-corrected chi connectivity index (χ3v) is 5.10. The number of H-pyrrole nitrogens is 1. The van der Waals surface area contributed by atoms with Crippen molar-refractivity contribution in [1.29, 1.82) is 0 Å². The van der Waals surface area contributed by atoms with Crippen LogP contribution in [0, 0.1) is 23.5 Å². The number of amides is 3. The smallest absolute Gasteiger partial charge is 0.268 e. The Balaban J connectivity index is 0.00000100. The number of halogens is 2. The number of carbonyl (C=O) groups is 4. The molecular weight excluding hydrogens is 462 g/mol. The first-order valence-corrected chi connectivity index (χ1v) is 11.5. The molecule has 11 heteroatoms. The van der Waals surface area contributed by atoms with Crippen LogP contribution in [-0.2, 0) is 14.4 Å². The monoisotopic (exact) mass is 494 g/mol. The first-order chi connectivity index (χ1) is 16.5. The maximum Gasteiger partial charge on any atom is 0.268 e. The summed E-state index contributed by atoms with van der Waals surface area (Å²) in [4.78, 5) is 50.9. The highest BCUT2D eigenvalue weighted by Gasteiger charge is 2.29. The third-order valence-electron chi connectivity index (χ3n) is 5.10. The van der Waals surface area contributed by atoms with Gasteiger partial charge < -0.3 is 26.0 Å². The summed E-state index contributed by atoms with van der Waals surface area (Å²) in [6, 6.07) is 1.91. The fourth-order valence-corrected chi connectivity index (χ4v) is 3.51. The van der Waals surface area contributed by atoms with E-state index in [1.54, 1.807) is 0 Å². The van der Waals surface area contributed by atoms with Crippen LogP contribution in [0.25, 0.3) is 10.9 Å². The molecule has 0 radical (unpaired) electrons. The van der Waals surface area contributed by atoms with Crippen molar-refractivity contribution in [2.24, 2.45) is 11.8 Å². The molecule has 0 saturated carbocycles. The molecule has 0 spiro atoms. The van der Waals surface area contributed by atoms with Crippen LogP contribution in [0.15, 0.2) is 18.2 Å². The second kappa shape index (κ2) is 12.9. The maximum absolute atomic E-state index is 13.8. The van der Waals surface area contributed by atoms with Crippen LogP contribution in [0.1, 0.15) is 50.5 Å². The number of Topliss-reactive ketones (excluding diaryl/α,β-unsaturated/α-hetero) is 1. The summed E-state index contributed by atoms with van der Waals surface area (Å²) in [5.74, 6) is -3.58. The fraction of sp³-hybridized carbons (Fsp3) is 0.500. The maximum atomic E-state index is 13.8. The van der Waals surface area contributed by atoms with Gasteiger partial charge in [0.25, 0.3) is 5.91 Å². The van der Waals surface area contributed by atoms with Gasteiger partial charge in [-0.25, -0.2) is 8.78 Å². The number of aromatic nitrogens is 1. The van der Waals surface area contributed by atoms with Gasteiger partial charge in [-0.05, 0) is 37.3 Å². The zero-order valence-electron chi connectivity index (χ0n) is 20.0. The molecule has 1 saturated heterocycles. The number of nitrogens with one attached hydrogen (secondary N) is 4. The topological polar surface area (TPSA) is 140 Å². The highest BCUT2D eigenvalue weighted by Crippen LogP contribution is 2.20. The number of ketones is 1. The lowest BCUT2D eigenvalue weighted by molar-refractivity contribution is -0.131. The van der Waals surface area contributed by atoms with Gasteiger partial charge in [-0.15, -0.1) is 0 Å². The van der Waals surface area contributed by atoms with E-state index in [4.69, 9.17) is 5.11 Å². The van der Waals surface area contributed by atoms with E-state index in [2.05, 4.69) is 41.7 Å². The lowest BCUT2D eigenvalue weighted by atomic mass is 9.90. The first kappa shape index (κ1) is 27.9. The lowest BCUT2D eigenvalue weighted by Gasteiger charge is -2.26. The largest absolute Gasteiger partial charge is 0.389 e. The van der Waals surface area contributed by atoms with E-state index in [9.17, 15) is 28.0 Å². The molecule has 3 amide bonds. The van der Waals surface area contributed by atoms with Crippen molar-refractivity contribution in [2.45, 2.75) is 46.1 Å². The van der Waals surface area contributed by atoms with Crippen LogP contribution in [0.3, 0.4) is 0 Å². The van der Waals surface area contributed by atoms with Crippen molar-refractivity contribution < 1.29 is 33.1 Å². The molecule has 1 aromatic carbocycles. The number of aliphatic hydroxyl groups is 1. The Morgan fingerprint density at radius 1 is 1.17 bits per heavy atom. The van der Waals surface area contributed by atoms with Crippen molar-refractivity contribution in [3.63, 3.8) is 0 Å². The van der Waals surface area contributed by atoms with Crippen molar-refractivity contribution >= 4 is 34.4 Å². The summed E-state index contributed by atoms with van der Waals surface area (Å²) in [6.45, 7) is 5.75. The van der Waals surface area contributed by atoms with Crippen LogP contribution in [-0.4, -0.2) is 59.3 Å². The quantitative estimate of drug-likeness (QED) is 0.381. The van der Waals surface area contributed by atoms with Gasteiger partial charge in [0.1, 0.15) is 23.9 Å². The van der Waals surface area contributed by atoms with Gasteiger partial charge in [0.05, 0.1) is 18.1 Å². The molecule has 3 rings (SSSR count). The van der Waals surface area contributed by atoms with E-state index in [1.165, 1.54) is 6.07 Å². The summed E-state index contributed by atoms with van der Waals surface area (Å²) < 4.78 is 27.1. The molecule has 1 aliphatic rings. The summed E-state index contributed by atoms with van der Waals surface area (Å²) in [5.41, 5.74) is -0.121. The predicted octanol–water partition coefficient (Wildman–Crippen LogP) is 1.80. The van der Waals surface area contributed by atoms with E-state index < -0.39 is 54.3 Å². The Hall–Kier alpha value is -3.34. The molecule has 2 heterocycles.